The maximum absolute atomic E-state index is 4.41. The van der Waals surface area contributed by atoms with Crippen molar-refractivity contribution >= 4 is 5.69 Å². The van der Waals surface area contributed by atoms with Gasteiger partial charge in [0.25, 0.3) is 0 Å². The van der Waals surface area contributed by atoms with E-state index in [2.05, 4.69) is 40.8 Å². The molecule has 0 aliphatic carbocycles. The molecule has 2 aromatic rings. The van der Waals surface area contributed by atoms with Crippen LogP contribution in [0.3, 0.4) is 0 Å². The molecule has 1 aliphatic heterocycles. The first-order chi connectivity index (χ1) is 7.83. The van der Waals surface area contributed by atoms with Crippen LogP contribution >= 0.6 is 0 Å². The molecular weight excluding hydrogens is 198 g/mol. The molecule has 0 spiro atoms. The Balaban J connectivity index is 1.88. The first-order valence-corrected chi connectivity index (χ1v) is 5.65. The molecule has 0 fully saturated rings. The van der Waals surface area contributed by atoms with Crippen LogP contribution in [0.2, 0.25) is 0 Å². The van der Waals surface area contributed by atoms with Gasteiger partial charge in [-0.1, -0.05) is 18.2 Å². The summed E-state index contributed by atoms with van der Waals surface area (Å²) in [6.07, 6.45) is 6.20. The molecule has 1 aliphatic rings. The Hall–Kier alpha value is -1.77. The van der Waals surface area contributed by atoms with Gasteiger partial charge in [0.2, 0.25) is 0 Å². The summed E-state index contributed by atoms with van der Waals surface area (Å²) >= 11 is 0. The molecule has 0 saturated heterocycles. The van der Waals surface area contributed by atoms with E-state index in [0.717, 1.165) is 18.5 Å². The van der Waals surface area contributed by atoms with Crippen molar-refractivity contribution in [2.24, 2.45) is 7.05 Å². The molecule has 3 rings (SSSR count). The van der Waals surface area contributed by atoms with Crippen LogP contribution < -0.4 is 5.32 Å². The minimum Gasteiger partial charge on any atom is -0.376 e. The van der Waals surface area contributed by atoms with Crippen LogP contribution in [0.4, 0.5) is 5.69 Å². The minimum atomic E-state index is 0.357. The third kappa shape index (κ3) is 1.58. The summed E-state index contributed by atoms with van der Waals surface area (Å²) in [5.74, 6) is 0. The molecule has 3 heteroatoms. The van der Waals surface area contributed by atoms with E-state index in [9.17, 15) is 0 Å². The highest BCUT2D eigenvalue weighted by Crippen LogP contribution is 2.31. The van der Waals surface area contributed by atoms with Crippen LogP contribution in [-0.2, 0) is 13.5 Å². The van der Waals surface area contributed by atoms with Crippen molar-refractivity contribution in [3.63, 3.8) is 0 Å². The Morgan fingerprint density at radius 3 is 3.06 bits per heavy atom. The highest BCUT2D eigenvalue weighted by atomic mass is 15.0. The molecule has 3 nitrogen and oxygen atoms in total. The van der Waals surface area contributed by atoms with Crippen molar-refractivity contribution in [1.82, 2.24) is 9.55 Å². The van der Waals surface area contributed by atoms with E-state index in [1.807, 2.05) is 17.9 Å². The molecule has 0 saturated carbocycles. The van der Waals surface area contributed by atoms with Gasteiger partial charge < -0.3 is 9.88 Å². The van der Waals surface area contributed by atoms with Gasteiger partial charge >= 0.3 is 0 Å². The summed E-state index contributed by atoms with van der Waals surface area (Å²) in [4.78, 5) is 4.41. The second-order valence-electron chi connectivity index (χ2n) is 4.36. The number of aryl methyl sites for hydroxylation is 2. The lowest BCUT2D eigenvalue weighted by Crippen LogP contribution is -2.18. The Bertz CT molecular complexity index is 501. The second kappa shape index (κ2) is 3.67. The van der Waals surface area contributed by atoms with E-state index in [-0.39, 0.29) is 0 Å². The standard InChI is InChI=1S/C13H15N3/c1-16-8-13(14-9-16)12-7-6-10-4-2-3-5-11(10)15-12/h2-5,8-9,12,15H,6-7H2,1H3. The zero-order valence-corrected chi connectivity index (χ0v) is 9.35. The zero-order chi connectivity index (χ0) is 11.0. The predicted molar refractivity (Wildman–Crippen MR) is 64.3 cm³/mol. The van der Waals surface area contributed by atoms with Crippen molar-refractivity contribution in [1.29, 1.82) is 0 Å². The SMILES string of the molecule is Cn1cnc(C2CCc3ccccc3N2)c1. The zero-order valence-electron chi connectivity index (χ0n) is 9.35. The number of hydrogen-bond acceptors (Lipinski definition) is 2. The summed E-state index contributed by atoms with van der Waals surface area (Å²) in [5.41, 5.74) is 3.80. The number of aromatic nitrogens is 2. The number of hydrogen-bond donors (Lipinski definition) is 1. The topological polar surface area (TPSA) is 29.9 Å². The van der Waals surface area contributed by atoms with Crippen molar-refractivity contribution in [3.8, 4) is 0 Å². The average Bonchev–Trinajstić information content (AvgIpc) is 2.75. The molecule has 1 N–H and O–H groups in total. The smallest absolute Gasteiger partial charge is 0.0947 e. The summed E-state index contributed by atoms with van der Waals surface area (Å²) < 4.78 is 2.00. The number of para-hydroxylation sites is 1. The lowest BCUT2D eigenvalue weighted by atomic mass is 9.97. The monoisotopic (exact) mass is 213 g/mol. The molecule has 0 radical (unpaired) electrons. The van der Waals surface area contributed by atoms with Gasteiger partial charge in [-0.05, 0) is 24.5 Å². The lowest BCUT2D eigenvalue weighted by Gasteiger charge is -2.25. The number of fused-ring (bicyclic) bond motifs is 1. The van der Waals surface area contributed by atoms with Crippen LogP contribution in [0, 0.1) is 0 Å². The highest BCUT2D eigenvalue weighted by Gasteiger charge is 2.20. The van der Waals surface area contributed by atoms with Gasteiger partial charge in [-0.15, -0.1) is 0 Å². The normalized spacial score (nSPS) is 18.9. The number of benzene rings is 1. The highest BCUT2D eigenvalue weighted by molar-refractivity contribution is 5.54. The molecule has 0 bridgehead atoms. The van der Waals surface area contributed by atoms with Gasteiger partial charge in [-0.2, -0.15) is 0 Å². The van der Waals surface area contributed by atoms with Gasteiger partial charge in [0.15, 0.2) is 0 Å². The fourth-order valence-electron chi connectivity index (χ4n) is 2.27. The van der Waals surface area contributed by atoms with Crippen LogP contribution in [0.5, 0.6) is 0 Å². The number of imidazole rings is 1. The van der Waals surface area contributed by atoms with Gasteiger partial charge in [0.1, 0.15) is 0 Å². The molecule has 1 aromatic heterocycles. The Kier molecular flexibility index (Phi) is 2.17. The number of rotatable bonds is 1. The Morgan fingerprint density at radius 2 is 2.25 bits per heavy atom. The van der Waals surface area contributed by atoms with Gasteiger partial charge in [-0.3, -0.25) is 0 Å². The van der Waals surface area contributed by atoms with Crippen molar-refractivity contribution < 1.29 is 0 Å². The predicted octanol–water partition coefficient (Wildman–Crippen LogP) is 2.52. The molecule has 0 amide bonds. The van der Waals surface area contributed by atoms with Gasteiger partial charge in [0, 0.05) is 18.9 Å². The molecule has 2 heterocycles. The van der Waals surface area contributed by atoms with Gasteiger partial charge in [0.05, 0.1) is 18.1 Å². The number of anilines is 1. The van der Waals surface area contributed by atoms with Crippen molar-refractivity contribution in [2.45, 2.75) is 18.9 Å². The first kappa shape index (κ1) is 9.46. The third-order valence-corrected chi connectivity index (χ3v) is 3.13. The molecule has 82 valence electrons. The molecule has 16 heavy (non-hydrogen) atoms. The van der Waals surface area contributed by atoms with E-state index in [0.29, 0.717) is 6.04 Å². The molecular formula is C13H15N3. The van der Waals surface area contributed by atoms with Crippen molar-refractivity contribution in [2.75, 3.05) is 5.32 Å². The minimum absolute atomic E-state index is 0.357. The van der Waals surface area contributed by atoms with Gasteiger partial charge in [-0.25, -0.2) is 4.98 Å². The first-order valence-electron chi connectivity index (χ1n) is 5.65. The molecule has 1 aromatic carbocycles. The number of nitrogens with zero attached hydrogens (tertiary/aromatic N) is 2. The van der Waals surface area contributed by atoms with E-state index in [1.54, 1.807) is 0 Å². The van der Waals surface area contributed by atoms with Crippen molar-refractivity contribution in [3.05, 3.63) is 48.0 Å². The van der Waals surface area contributed by atoms with E-state index < -0.39 is 0 Å². The number of nitrogens with one attached hydrogen (secondary N) is 1. The van der Waals surface area contributed by atoms with E-state index >= 15 is 0 Å². The Morgan fingerprint density at radius 1 is 1.38 bits per heavy atom. The summed E-state index contributed by atoms with van der Waals surface area (Å²) in [7, 11) is 2.01. The molecule has 1 atom stereocenters. The van der Waals surface area contributed by atoms with Crippen LogP contribution in [0.25, 0.3) is 0 Å². The maximum atomic E-state index is 4.41. The summed E-state index contributed by atoms with van der Waals surface area (Å²) in [6, 6.07) is 8.87. The largest absolute Gasteiger partial charge is 0.376 e. The van der Waals surface area contributed by atoms with Crippen LogP contribution in [0.15, 0.2) is 36.8 Å². The molecule has 1 unspecified atom stereocenters. The lowest BCUT2D eigenvalue weighted by molar-refractivity contribution is 0.653. The fraction of sp³-hybridized carbons (Fsp3) is 0.308. The fourth-order valence-corrected chi connectivity index (χ4v) is 2.27. The maximum Gasteiger partial charge on any atom is 0.0947 e. The third-order valence-electron chi connectivity index (χ3n) is 3.13. The summed E-state index contributed by atoms with van der Waals surface area (Å²) in [6.45, 7) is 0. The summed E-state index contributed by atoms with van der Waals surface area (Å²) in [5, 5.41) is 3.55. The van der Waals surface area contributed by atoms with E-state index in [1.165, 1.54) is 11.3 Å². The Labute approximate surface area is 95.1 Å². The second-order valence-corrected chi connectivity index (χ2v) is 4.36. The van der Waals surface area contributed by atoms with E-state index in [4.69, 9.17) is 0 Å². The van der Waals surface area contributed by atoms with Crippen LogP contribution in [0.1, 0.15) is 23.7 Å². The average molecular weight is 213 g/mol. The quantitative estimate of drug-likeness (QED) is 0.788. The van der Waals surface area contributed by atoms with Crippen LogP contribution in [-0.4, -0.2) is 9.55 Å².